The van der Waals surface area contributed by atoms with E-state index >= 15 is 0 Å². The lowest BCUT2D eigenvalue weighted by atomic mass is 10.0. The summed E-state index contributed by atoms with van der Waals surface area (Å²) < 4.78 is 27.1. The molecule has 0 N–H and O–H groups in total. The van der Waals surface area contributed by atoms with Gasteiger partial charge in [-0.3, -0.25) is 14.4 Å². The predicted octanol–water partition coefficient (Wildman–Crippen LogP) is 1.98. The van der Waals surface area contributed by atoms with Crippen LogP contribution in [0.2, 0.25) is 0 Å². The van der Waals surface area contributed by atoms with Crippen LogP contribution in [-0.2, 0) is 38.1 Å². The first-order chi connectivity index (χ1) is 12.2. The molecule has 1 heterocycles. The molecule has 8 nitrogen and oxygen atoms in total. The maximum absolute atomic E-state index is 11.4. The van der Waals surface area contributed by atoms with Crippen LogP contribution in [0.25, 0.3) is 0 Å². The molecule has 4 unspecified atom stereocenters. The molecule has 150 valence electrons. The molecule has 0 aromatic heterocycles. The number of rotatable bonds is 9. The van der Waals surface area contributed by atoms with E-state index in [2.05, 4.69) is 13.8 Å². The Balaban J connectivity index is 2.78. The third kappa shape index (κ3) is 8.62. The van der Waals surface area contributed by atoms with Gasteiger partial charge in [0.1, 0.15) is 18.8 Å². The minimum absolute atomic E-state index is 0.128. The highest BCUT2D eigenvalue weighted by Crippen LogP contribution is 2.27. The minimum Gasteiger partial charge on any atom is -0.463 e. The van der Waals surface area contributed by atoms with Crippen molar-refractivity contribution >= 4 is 17.9 Å². The zero-order valence-corrected chi connectivity index (χ0v) is 16.2. The fourth-order valence-electron chi connectivity index (χ4n) is 2.71. The average Bonchev–Trinajstić information content (AvgIpc) is 2.51. The Morgan fingerprint density at radius 1 is 1.04 bits per heavy atom. The van der Waals surface area contributed by atoms with Crippen molar-refractivity contribution in [2.45, 2.75) is 78.5 Å². The highest BCUT2D eigenvalue weighted by Gasteiger charge is 2.44. The second-order valence-electron chi connectivity index (χ2n) is 6.77. The van der Waals surface area contributed by atoms with Crippen LogP contribution in [-0.4, -0.2) is 55.7 Å². The molecule has 1 rings (SSSR count). The Kier molecular flexibility index (Phi) is 9.58. The zero-order chi connectivity index (χ0) is 19.7. The van der Waals surface area contributed by atoms with Gasteiger partial charge in [0.05, 0.1) is 0 Å². The highest BCUT2D eigenvalue weighted by atomic mass is 16.7. The summed E-state index contributed by atoms with van der Waals surface area (Å²) >= 11 is 0. The monoisotopic (exact) mass is 374 g/mol. The molecule has 1 saturated heterocycles. The van der Waals surface area contributed by atoms with Gasteiger partial charge in [-0.2, -0.15) is 0 Å². The summed E-state index contributed by atoms with van der Waals surface area (Å²) in [6.45, 7) is 8.43. The van der Waals surface area contributed by atoms with Crippen molar-refractivity contribution in [3.63, 3.8) is 0 Å². The Labute approximate surface area is 154 Å². The zero-order valence-electron chi connectivity index (χ0n) is 16.2. The summed E-state index contributed by atoms with van der Waals surface area (Å²) in [6.07, 6.45) is -0.900. The van der Waals surface area contributed by atoms with Crippen molar-refractivity contribution in [1.29, 1.82) is 0 Å². The lowest BCUT2D eigenvalue weighted by molar-refractivity contribution is -0.266. The molecule has 1 aliphatic rings. The van der Waals surface area contributed by atoms with Gasteiger partial charge < -0.3 is 23.7 Å². The van der Waals surface area contributed by atoms with E-state index in [0.717, 1.165) is 12.8 Å². The number of hydrogen-bond donors (Lipinski definition) is 0. The van der Waals surface area contributed by atoms with E-state index in [-0.39, 0.29) is 13.0 Å². The lowest BCUT2D eigenvalue weighted by Gasteiger charge is -2.39. The summed E-state index contributed by atoms with van der Waals surface area (Å²) in [5.41, 5.74) is 0. The van der Waals surface area contributed by atoms with Crippen LogP contribution < -0.4 is 0 Å². The second-order valence-corrected chi connectivity index (χ2v) is 6.77. The van der Waals surface area contributed by atoms with Crippen molar-refractivity contribution in [3.05, 3.63) is 0 Å². The molecule has 0 aliphatic carbocycles. The average molecular weight is 374 g/mol. The predicted molar refractivity (Wildman–Crippen MR) is 91.0 cm³/mol. The van der Waals surface area contributed by atoms with Crippen molar-refractivity contribution in [1.82, 2.24) is 0 Å². The van der Waals surface area contributed by atoms with Crippen LogP contribution in [0.3, 0.4) is 0 Å². The third-order valence-corrected chi connectivity index (χ3v) is 3.78. The van der Waals surface area contributed by atoms with Crippen molar-refractivity contribution in [2.24, 2.45) is 5.92 Å². The van der Waals surface area contributed by atoms with Crippen molar-refractivity contribution in [3.8, 4) is 0 Å². The number of ether oxygens (including phenoxy) is 5. The summed E-state index contributed by atoms with van der Waals surface area (Å²) in [5.74, 6) is -0.956. The first-order valence-corrected chi connectivity index (χ1v) is 8.93. The Morgan fingerprint density at radius 2 is 1.69 bits per heavy atom. The Morgan fingerprint density at radius 3 is 2.23 bits per heavy atom. The molecule has 8 heteroatoms. The highest BCUT2D eigenvalue weighted by molar-refractivity contribution is 5.67. The second kappa shape index (κ2) is 11.1. The van der Waals surface area contributed by atoms with Gasteiger partial charge in [0.25, 0.3) is 0 Å². The molecule has 1 aliphatic heterocycles. The molecule has 0 aromatic rings. The Hall–Kier alpha value is -1.67. The molecular weight excluding hydrogens is 344 g/mol. The largest absolute Gasteiger partial charge is 0.463 e. The topological polar surface area (TPSA) is 97.4 Å². The van der Waals surface area contributed by atoms with E-state index in [1.165, 1.54) is 20.8 Å². The number of carbonyl (C=O) groups excluding carboxylic acids is 3. The molecule has 0 saturated carbocycles. The molecule has 4 atom stereocenters. The molecule has 0 spiro atoms. The maximum Gasteiger partial charge on any atom is 0.303 e. The van der Waals surface area contributed by atoms with Crippen LogP contribution >= 0.6 is 0 Å². The molecule has 0 radical (unpaired) electrons. The first kappa shape index (κ1) is 22.4. The van der Waals surface area contributed by atoms with Crippen LogP contribution in [0.4, 0.5) is 0 Å². The van der Waals surface area contributed by atoms with E-state index in [9.17, 15) is 14.4 Å². The van der Waals surface area contributed by atoms with Crippen molar-refractivity contribution < 1.29 is 38.1 Å². The van der Waals surface area contributed by atoms with Gasteiger partial charge in [0, 0.05) is 33.8 Å². The van der Waals surface area contributed by atoms with E-state index in [0.29, 0.717) is 12.5 Å². The smallest absolute Gasteiger partial charge is 0.303 e. The summed E-state index contributed by atoms with van der Waals surface area (Å²) in [5, 5.41) is 0. The minimum atomic E-state index is -0.869. The van der Waals surface area contributed by atoms with Gasteiger partial charge >= 0.3 is 17.9 Å². The fraction of sp³-hybridized carbons (Fsp3) is 0.833. The van der Waals surface area contributed by atoms with Crippen LogP contribution in [0.1, 0.15) is 53.9 Å². The molecular formula is C18H30O8. The van der Waals surface area contributed by atoms with Gasteiger partial charge in [0.15, 0.2) is 12.4 Å². The normalized spacial score (nSPS) is 25.6. The van der Waals surface area contributed by atoms with Gasteiger partial charge in [-0.15, -0.1) is 0 Å². The summed E-state index contributed by atoms with van der Waals surface area (Å²) in [6, 6.07) is 0. The van der Waals surface area contributed by atoms with Gasteiger partial charge in [-0.05, 0) is 18.8 Å². The van der Waals surface area contributed by atoms with E-state index in [4.69, 9.17) is 23.7 Å². The SMILES string of the molecule is CC(=O)OCC1OC(OCCCC(C)C)CC(OC(C)=O)C1OC(C)=O. The van der Waals surface area contributed by atoms with Crippen molar-refractivity contribution in [2.75, 3.05) is 13.2 Å². The van der Waals surface area contributed by atoms with E-state index in [1.807, 2.05) is 0 Å². The van der Waals surface area contributed by atoms with E-state index < -0.39 is 42.5 Å². The van der Waals surface area contributed by atoms with Crippen LogP contribution in [0, 0.1) is 5.92 Å². The number of hydrogen-bond acceptors (Lipinski definition) is 8. The summed E-state index contributed by atoms with van der Waals surface area (Å²) in [4.78, 5) is 34.0. The standard InChI is InChI=1S/C18H30O8/c1-11(2)7-6-8-22-17-9-15(24-13(4)20)18(25-14(5)21)16(26-17)10-23-12(3)19/h11,15-18H,6-10H2,1-5H3. The number of esters is 3. The quantitative estimate of drug-likeness (QED) is 0.343. The molecule has 0 bridgehead atoms. The van der Waals surface area contributed by atoms with Gasteiger partial charge in [0.2, 0.25) is 0 Å². The third-order valence-electron chi connectivity index (χ3n) is 3.78. The molecule has 26 heavy (non-hydrogen) atoms. The molecule has 1 fully saturated rings. The fourth-order valence-corrected chi connectivity index (χ4v) is 2.71. The maximum atomic E-state index is 11.4. The van der Waals surface area contributed by atoms with Crippen LogP contribution in [0.5, 0.6) is 0 Å². The number of carbonyl (C=O) groups is 3. The van der Waals surface area contributed by atoms with Gasteiger partial charge in [-0.25, -0.2) is 0 Å². The van der Waals surface area contributed by atoms with Gasteiger partial charge in [-0.1, -0.05) is 13.8 Å². The van der Waals surface area contributed by atoms with Crippen LogP contribution in [0.15, 0.2) is 0 Å². The lowest BCUT2D eigenvalue weighted by Crippen LogP contribution is -2.54. The first-order valence-electron chi connectivity index (χ1n) is 8.93. The summed E-state index contributed by atoms with van der Waals surface area (Å²) in [7, 11) is 0. The Bertz CT molecular complexity index is 476. The van der Waals surface area contributed by atoms with E-state index in [1.54, 1.807) is 0 Å². The molecule has 0 amide bonds. The molecule has 0 aromatic carbocycles.